The fraction of sp³-hybridized carbons (Fsp3) is 0. The molecule has 5 nitrogen and oxygen atoms in total. The summed E-state index contributed by atoms with van der Waals surface area (Å²) in [7, 11) is 0. The molecule has 0 aliphatic carbocycles. The Labute approximate surface area is 163 Å². The first kappa shape index (κ1) is 18.1. The van der Waals surface area contributed by atoms with Crippen molar-refractivity contribution >= 4 is 52.2 Å². The molecule has 0 saturated carbocycles. The maximum atomic E-state index is 12.3. The average molecular weight is 401 g/mol. The molecule has 1 N–H and O–H groups in total. The van der Waals surface area contributed by atoms with Crippen LogP contribution >= 0.6 is 34.5 Å². The van der Waals surface area contributed by atoms with E-state index < -0.39 is 5.91 Å². The molecule has 3 aromatic rings. The van der Waals surface area contributed by atoms with Crippen molar-refractivity contribution in [3.8, 4) is 16.8 Å². The van der Waals surface area contributed by atoms with Gasteiger partial charge in [-0.15, -0.1) is 11.3 Å². The summed E-state index contributed by atoms with van der Waals surface area (Å²) in [5.41, 5.74) is 1.56. The van der Waals surface area contributed by atoms with Crippen LogP contribution in [0, 0.1) is 11.3 Å². The quantitative estimate of drug-likeness (QED) is 0.490. The first-order valence-corrected chi connectivity index (χ1v) is 8.95. The second-order valence-corrected chi connectivity index (χ2v) is 6.81. The number of thiazole rings is 1. The summed E-state index contributed by atoms with van der Waals surface area (Å²) in [4.78, 5) is 20.9. The largest absolute Gasteiger partial charge is 0.321 e. The number of carbonyl (C=O) groups is 1. The van der Waals surface area contributed by atoms with Crippen LogP contribution in [0.2, 0.25) is 10.0 Å². The zero-order valence-electron chi connectivity index (χ0n) is 13.1. The van der Waals surface area contributed by atoms with Crippen LogP contribution in [-0.4, -0.2) is 15.9 Å². The van der Waals surface area contributed by atoms with Gasteiger partial charge in [-0.3, -0.25) is 9.78 Å². The number of anilines is 1. The molecule has 2 aromatic heterocycles. The number of benzene rings is 1. The number of pyridine rings is 1. The topological polar surface area (TPSA) is 78.7 Å². The summed E-state index contributed by atoms with van der Waals surface area (Å²) in [6, 6.07) is 12.0. The van der Waals surface area contributed by atoms with Crippen LogP contribution in [0.5, 0.6) is 0 Å². The predicted molar refractivity (Wildman–Crippen MR) is 104 cm³/mol. The fourth-order valence-corrected chi connectivity index (χ4v) is 3.36. The molecule has 0 unspecified atom stereocenters. The van der Waals surface area contributed by atoms with E-state index in [9.17, 15) is 10.1 Å². The molecule has 0 fully saturated rings. The molecular weight excluding hydrogens is 391 g/mol. The van der Waals surface area contributed by atoms with Gasteiger partial charge >= 0.3 is 0 Å². The van der Waals surface area contributed by atoms with Gasteiger partial charge in [0, 0.05) is 27.3 Å². The van der Waals surface area contributed by atoms with Crippen molar-refractivity contribution in [1.82, 2.24) is 9.97 Å². The second-order valence-electron chi connectivity index (χ2n) is 5.07. The molecule has 1 aromatic carbocycles. The van der Waals surface area contributed by atoms with Crippen molar-refractivity contribution in [2.24, 2.45) is 0 Å². The van der Waals surface area contributed by atoms with Crippen LogP contribution in [-0.2, 0) is 4.79 Å². The summed E-state index contributed by atoms with van der Waals surface area (Å²) in [6.07, 6.45) is 3.10. The number of amides is 1. The van der Waals surface area contributed by atoms with Crippen LogP contribution in [0.15, 0.2) is 53.5 Å². The number of nitrogens with zero attached hydrogens (tertiary/aromatic N) is 3. The molecule has 128 valence electrons. The molecule has 0 bridgehead atoms. The Hall–Kier alpha value is -2.72. The first-order valence-electron chi connectivity index (χ1n) is 7.31. The standard InChI is InChI=1S/C18H10Cl2N4OS/c19-12-6-13(20)8-14(7-12)23-17(25)11(9-21)5-15-10-26-18(24-15)16-3-1-2-4-22-16/h1-8,10H,(H,23,25)/b11-5+. The van der Waals surface area contributed by atoms with Gasteiger partial charge in [0.05, 0.1) is 11.4 Å². The molecule has 0 radical (unpaired) electrons. The number of aromatic nitrogens is 2. The Balaban J connectivity index is 1.81. The van der Waals surface area contributed by atoms with Gasteiger partial charge in [0.25, 0.3) is 5.91 Å². The maximum absolute atomic E-state index is 12.3. The second kappa shape index (κ2) is 8.11. The molecule has 26 heavy (non-hydrogen) atoms. The third-order valence-corrected chi connectivity index (χ3v) is 4.50. The van der Waals surface area contributed by atoms with Crippen molar-refractivity contribution in [3.63, 3.8) is 0 Å². The summed E-state index contributed by atoms with van der Waals surface area (Å²) in [5.74, 6) is -0.571. The van der Waals surface area contributed by atoms with Crippen molar-refractivity contribution in [1.29, 1.82) is 5.26 Å². The predicted octanol–water partition coefficient (Wildman–Crippen LogP) is 5.06. The van der Waals surface area contributed by atoms with E-state index in [1.165, 1.54) is 17.4 Å². The number of hydrogen-bond acceptors (Lipinski definition) is 5. The number of rotatable bonds is 4. The number of halogens is 2. The molecule has 3 rings (SSSR count). The lowest BCUT2D eigenvalue weighted by Gasteiger charge is -2.05. The normalized spacial score (nSPS) is 11.0. The summed E-state index contributed by atoms with van der Waals surface area (Å²) < 4.78 is 0. The van der Waals surface area contributed by atoms with E-state index in [1.54, 1.807) is 29.8 Å². The van der Waals surface area contributed by atoms with Crippen LogP contribution in [0.25, 0.3) is 16.8 Å². The SMILES string of the molecule is N#C/C(=C\c1csc(-c2ccccn2)n1)C(=O)Nc1cc(Cl)cc(Cl)c1. The molecule has 1 amide bonds. The van der Waals surface area contributed by atoms with E-state index in [-0.39, 0.29) is 5.57 Å². The van der Waals surface area contributed by atoms with Crippen LogP contribution in [0.3, 0.4) is 0 Å². The fourth-order valence-electron chi connectivity index (χ4n) is 2.08. The van der Waals surface area contributed by atoms with Gasteiger partial charge in [0.1, 0.15) is 16.6 Å². The molecule has 0 spiro atoms. The highest BCUT2D eigenvalue weighted by Gasteiger charge is 2.12. The molecule has 0 saturated heterocycles. The summed E-state index contributed by atoms with van der Waals surface area (Å²) in [6.45, 7) is 0. The minimum absolute atomic E-state index is 0.0843. The zero-order valence-corrected chi connectivity index (χ0v) is 15.4. The van der Waals surface area contributed by atoms with E-state index in [0.717, 1.165) is 5.69 Å². The highest BCUT2D eigenvalue weighted by atomic mass is 35.5. The molecule has 0 aliphatic rings. The van der Waals surface area contributed by atoms with Gasteiger partial charge in [-0.2, -0.15) is 5.26 Å². The van der Waals surface area contributed by atoms with Gasteiger partial charge in [-0.1, -0.05) is 29.3 Å². The third-order valence-electron chi connectivity index (χ3n) is 3.18. The molecule has 0 atom stereocenters. The Morgan fingerprint density at radius 3 is 2.65 bits per heavy atom. The van der Waals surface area contributed by atoms with E-state index in [2.05, 4.69) is 15.3 Å². The Morgan fingerprint density at radius 1 is 1.23 bits per heavy atom. The van der Waals surface area contributed by atoms with Gasteiger partial charge in [0.2, 0.25) is 0 Å². The molecule has 0 aliphatic heterocycles. The Morgan fingerprint density at radius 2 is 2.00 bits per heavy atom. The van der Waals surface area contributed by atoms with Crippen molar-refractivity contribution in [2.45, 2.75) is 0 Å². The van der Waals surface area contributed by atoms with Gasteiger partial charge in [-0.25, -0.2) is 4.98 Å². The van der Waals surface area contributed by atoms with Gasteiger partial charge in [-0.05, 0) is 36.4 Å². The lowest BCUT2D eigenvalue weighted by atomic mass is 10.2. The average Bonchev–Trinajstić information content (AvgIpc) is 3.08. The van der Waals surface area contributed by atoms with E-state index in [0.29, 0.717) is 26.4 Å². The van der Waals surface area contributed by atoms with Crippen LogP contribution < -0.4 is 5.32 Å². The Kier molecular flexibility index (Phi) is 5.64. The van der Waals surface area contributed by atoms with Crippen LogP contribution in [0.4, 0.5) is 5.69 Å². The van der Waals surface area contributed by atoms with E-state index in [1.807, 2.05) is 24.3 Å². The lowest BCUT2D eigenvalue weighted by molar-refractivity contribution is -0.112. The minimum Gasteiger partial charge on any atom is -0.321 e. The van der Waals surface area contributed by atoms with Crippen LogP contribution in [0.1, 0.15) is 5.69 Å². The monoisotopic (exact) mass is 400 g/mol. The maximum Gasteiger partial charge on any atom is 0.266 e. The third kappa shape index (κ3) is 4.46. The molecular formula is C18H10Cl2N4OS. The lowest BCUT2D eigenvalue weighted by Crippen LogP contribution is -2.13. The number of hydrogen-bond donors (Lipinski definition) is 1. The first-order chi connectivity index (χ1) is 12.5. The highest BCUT2D eigenvalue weighted by Crippen LogP contribution is 2.24. The van der Waals surface area contributed by atoms with Gasteiger partial charge in [0.15, 0.2) is 0 Å². The van der Waals surface area contributed by atoms with Crippen molar-refractivity contribution < 1.29 is 4.79 Å². The zero-order chi connectivity index (χ0) is 18.5. The minimum atomic E-state index is -0.571. The van der Waals surface area contributed by atoms with Crippen molar-refractivity contribution in [3.05, 3.63) is 69.3 Å². The van der Waals surface area contributed by atoms with E-state index >= 15 is 0 Å². The smallest absolute Gasteiger partial charge is 0.266 e. The molecule has 8 heteroatoms. The number of carbonyl (C=O) groups excluding carboxylic acids is 1. The number of nitriles is 1. The molecule has 2 heterocycles. The van der Waals surface area contributed by atoms with E-state index in [4.69, 9.17) is 23.2 Å². The van der Waals surface area contributed by atoms with Crippen molar-refractivity contribution in [2.75, 3.05) is 5.32 Å². The Bertz CT molecular complexity index is 1000. The summed E-state index contributed by atoms with van der Waals surface area (Å²) >= 11 is 13.2. The highest BCUT2D eigenvalue weighted by molar-refractivity contribution is 7.13. The number of nitrogens with one attached hydrogen (secondary N) is 1. The van der Waals surface area contributed by atoms with Gasteiger partial charge < -0.3 is 5.32 Å². The summed E-state index contributed by atoms with van der Waals surface area (Å²) in [5, 5.41) is 15.1.